The van der Waals surface area contributed by atoms with Crippen molar-refractivity contribution in [3.63, 3.8) is 0 Å². The zero-order valence-corrected chi connectivity index (χ0v) is 20.2. The molecular weight excluding hydrogens is 458 g/mol. The number of aryl methyl sites for hydroxylation is 6. The molecule has 0 radical (unpaired) electrons. The fourth-order valence-corrected chi connectivity index (χ4v) is 5.76. The number of benzene rings is 2. The van der Waals surface area contributed by atoms with Gasteiger partial charge in [0.05, 0.1) is 0 Å². The first kappa shape index (κ1) is 22.8. The summed E-state index contributed by atoms with van der Waals surface area (Å²) in [6.45, 7) is 18.3. The number of rotatable bonds is 3. The predicted molar refractivity (Wildman–Crippen MR) is 121 cm³/mol. The standard InChI is InChI=1S/C21H25N2.C3H6.ClH.Pd/c1-14-9-16(3)20(17(4)10-14)22-7-8-23(13-22)21-18(5)11-15(2)12-19(21)6;1-3-2;;/h7-13H,1-6H3;3H,1H2,2H3;1H;/q;;;+1/p-1. The van der Waals surface area contributed by atoms with Crippen molar-refractivity contribution in [1.29, 1.82) is 0 Å². The third kappa shape index (κ3) is 4.72. The summed E-state index contributed by atoms with van der Waals surface area (Å²) in [5.74, 6) is 0. The van der Waals surface area contributed by atoms with Crippen molar-refractivity contribution in [2.75, 3.05) is 9.80 Å². The molecule has 1 heterocycles. The molecule has 0 amide bonds. The fraction of sp³-hybridized carbons (Fsp3) is 0.333. The average Bonchev–Trinajstić information content (AvgIpc) is 2.97. The maximum atomic E-state index is 6.50. The van der Waals surface area contributed by atoms with Crippen LogP contribution in [-0.4, -0.2) is 4.64 Å². The van der Waals surface area contributed by atoms with Gasteiger partial charge in [0.2, 0.25) is 0 Å². The molecule has 28 heavy (non-hydrogen) atoms. The third-order valence-corrected chi connectivity index (χ3v) is 6.56. The Balaban J connectivity index is 0.000000878. The molecule has 2 aromatic rings. The first-order chi connectivity index (χ1) is 13.2. The summed E-state index contributed by atoms with van der Waals surface area (Å²) in [6, 6.07) is 8.99. The van der Waals surface area contributed by atoms with E-state index in [1.807, 2.05) is 6.92 Å². The molecule has 1 aliphatic rings. The van der Waals surface area contributed by atoms with E-state index in [0.29, 0.717) is 0 Å². The van der Waals surface area contributed by atoms with E-state index in [0.717, 1.165) is 0 Å². The van der Waals surface area contributed by atoms with Gasteiger partial charge in [0.25, 0.3) is 0 Å². The molecule has 2 aromatic carbocycles. The molecule has 2 nitrogen and oxygen atoms in total. The van der Waals surface area contributed by atoms with Crippen LogP contribution in [0.15, 0.2) is 49.3 Å². The molecule has 0 aliphatic carbocycles. The van der Waals surface area contributed by atoms with E-state index < -0.39 is 0 Å². The van der Waals surface area contributed by atoms with Gasteiger partial charge in [-0.25, -0.2) is 0 Å². The molecule has 4 heteroatoms. The summed E-state index contributed by atoms with van der Waals surface area (Å²) in [6.07, 6.45) is 6.10. The first-order valence-electron chi connectivity index (χ1n) is 9.41. The van der Waals surface area contributed by atoms with Crippen molar-refractivity contribution in [2.24, 2.45) is 0 Å². The Morgan fingerprint density at radius 1 is 0.786 bits per heavy atom. The molecule has 1 aliphatic heterocycles. The molecule has 0 aromatic heterocycles. The molecule has 154 valence electrons. The topological polar surface area (TPSA) is 6.48 Å². The van der Waals surface area contributed by atoms with Crippen molar-refractivity contribution in [1.82, 2.24) is 0 Å². The van der Waals surface area contributed by atoms with E-state index in [-0.39, 0.29) is 21.6 Å². The van der Waals surface area contributed by atoms with Gasteiger partial charge in [-0.2, -0.15) is 0 Å². The van der Waals surface area contributed by atoms with Gasteiger partial charge in [0, 0.05) is 0 Å². The minimum atomic E-state index is 0.0489. The van der Waals surface area contributed by atoms with Crippen molar-refractivity contribution < 1.29 is 17.0 Å². The maximum absolute atomic E-state index is 6.50. The summed E-state index contributed by atoms with van der Waals surface area (Å²) < 4.78 is 0.135. The van der Waals surface area contributed by atoms with Crippen LogP contribution in [0.2, 0.25) is 0 Å². The molecule has 0 N–H and O–H groups in total. The number of nitrogens with zero attached hydrogens (tertiary/aromatic N) is 2. The average molecular weight is 489 g/mol. The second kappa shape index (κ2) is 9.79. The SMILES string of the molecule is C=CC.Cc1cc(C)c(N2C=CN(c3c(C)cc(C)cc3C)[CH]2[Pd][Cl])c(C)c1. The Hall–Kier alpha value is -1.53. The fourth-order valence-electron chi connectivity index (χ4n) is 3.98. The van der Waals surface area contributed by atoms with E-state index in [1.165, 1.54) is 44.8 Å². The number of halogens is 1. The van der Waals surface area contributed by atoms with Crippen LogP contribution in [0, 0.1) is 41.5 Å². The summed E-state index contributed by atoms with van der Waals surface area (Å²) in [4.78, 5) is 4.68. The van der Waals surface area contributed by atoms with Gasteiger partial charge in [0.15, 0.2) is 0 Å². The van der Waals surface area contributed by atoms with Gasteiger partial charge in [-0.05, 0) is 6.92 Å². The van der Waals surface area contributed by atoms with Gasteiger partial charge in [-0.3, -0.25) is 0 Å². The van der Waals surface area contributed by atoms with Crippen LogP contribution < -0.4 is 9.80 Å². The monoisotopic (exact) mass is 488 g/mol. The van der Waals surface area contributed by atoms with E-state index in [1.54, 1.807) is 6.08 Å². The Morgan fingerprint density at radius 2 is 1.07 bits per heavy atom. The Kier molecular flexibility index (Phi) is 7.96. The van der Waals surface area contributed by atoms with E-state index in [2.05, 4.69) is 94.6 Å². The van der Waals surface area contributed by atoms with E-state index in [9.17, 15) is 0 Å². The van der Waals surface area contributed by atoms with Gasteiger partial charge in [0.1, 0.15) is 0 Å². The van der Waals surface area contributed by atoms with Gasteiger partial charge < -0.3 is 0 Å². The number of hydrogen-bond donors (Lipinski definition) is 0. The zero-order chi connectivity index (χ0) is 21.0. The van der Waals surface area contributed by atoms with E-state index >= 15 is 0 Å². The second-order valence-electron chi connectivity index (χ2n) is 7.36. The molecule has 0 saturated carbocycles. The van der Waals surface area contributed by atoms with Crippen LogP contribution >= 0.6 is 9.53 Å². The van der Waals surface area contributed by atoms with Gasteiger partial charge in [-0.1, -0.05) is 6.08 Å². The zero-order valence-electron chi connectivity index (χ0n) is 17.9. The van der Waals surface area contributed by atoms with Gasteiger partial charge >= 0.3 is 164 Å². The van der Waals surface area contributed by atoms with Crippen molar-refractivity contribution in [3.8, 4) is 0 Å². The van der Waals surface area contributed by atoms with Crippen LogP contribution in [0.3, 0.4) is 0 Å². The third-order valence-electron chi connectivity index (χ3n) is 4.66. The number of hydrogen-bond acceptors (Lipinski definition) is 2. The molecule has 3 rings (SSSR count). The molecular formula is C24H31ClN2Pd. The normalized spacial score (nSPS) is 13.7. The van der Waals surface area contributed by atoms with Crippen LogP contribution in [-0.2, 0) is 17.0 Å². The molecule has 0 unspecified atom stereocenters. The second-order valence-corrected chi connectivity index (χ2v) is 9.32. The van der Waals surface area contributed by atoms with Crippen molar-refractivity contribution >= 4 is 20.9 Å². The van der Waals surface area contributed by atoms with Crippen molar-refractivity contribution in [2.45, 2.75) is 53.1 Å². The Morgan fingerprint density at radius 3 is 1.32 bits per heavy atom. The Labute approximate surface area is 183 Å². The van der Waals surface area contributed by atoms with Crippen molar-refractivity contribution in [3.05, 3.63) is 82.7 Å². The van der Waals surface area contributed by atoms with Gasteiger partial charge in [-0.15, -0.1) is 6.58 Å². The summed E-state index contributed by atoms with van der Waals surface area (Å²) in [5, 5.41) is 0. The molecule has 0 bridgehead atoms. The molecule has 0 fully saturated rings. The van der Waals surface area contributed by atoms with Crippen LogP contribution in [0.4, 0.5) is 11.4 Å². The van der Waals surface area contributed by atoms with Crippen LogP contribution in [0.5, 0.6) is 0 Å². The van der Waals surface area contributed by atoms with Crippen LogP contribution in [0.25, 0.3) is 0 Å². The predicted octanol–water partition coefficient (Wildman–Crippen LogP) is 7.05. The minimum absolute atomic E-state index is 0.0489. The first-order valence-corrected chi connectivity index (χ1v) is 12.3. The number of allylic oxidation sites excluding steroid dienone is 1. The summed E-state index contributed by atoms with van der Waals surface area (Å²) in [7, 11) is 6.50. The molecule has 0 saturated heterocycles. The summed E-state index contributed by atoms with van der Waals surface area (Å²) >= 11 is 0.0489. The summed E-state index contributed by atoms with van der Waals surface area (Å²) in [5.41, 5.74) is 10.3. The quantitative estimate of drug-likeness (QED) is 0.337. The van der Waals surface area contributed by atoms with Crippen LogP contribution in [0.1, 0.15) is 40.3 Å². The molecule has 0 spiro atoms. The molecule has 0 atom stereocenters. The van der Waals surface area contributed by atoms with E-state index in [4.69, 9.17) is 9.53 Å². The Bertz CT molecular complexity index is 775. The number of anilines is 2.